The predicted molar refractivity (Wildman–Crippen MR) is 107 cm³/mol. The summed E-state index contributed by atoms with van der Waals surface area (Å²) in [6.07, 6.45) is -3.68. The molecule has 2 N–H and O–H groups in total. The van der Waals surface area contributed by atoms with Gasteiger partial charge in [0, 0.05) is 17.5 Å². The minimum Gasteiger partial charge on any atom is -0.252 e. The maximum atomic E-state index is 13.1. The van der Waals surface area contributed by atoms with Gasteiger partial charge in [0.25, 0.3) is 0 Å². The average molecular weight is 461 g/mol. The van der Waals surface area contributed by atoms with Crippen molar-refractivity contribution in [3.05, 3.63) is 70.4 Å². The Kier molecular flexibility index (Phi) is 5.83. The quantitative estimate of drug-likeness (QED) is 0.754. The zero-order valence-electron chi connectivity index (χ0n) is 16.8. The van der Waals surface area contributed by atoms with Crippen LogP contribution >= 0.6 is 0 Å². The number of nitriles is 2. The zero-order valence-corrected chi connectivity index (χ0v) is 17.6. The predicted octanol–water partition coefficient (Wildman–Crippen LogP) is 3.02. The lowest BCUT2D eigenvalue weighted by atomic mass is 9.94. The highest BCUT2D eigenvalue weighted by Crippen LogP contribution is 2.35. The SMILES string of the molecule is CC1=C(C#N)[C@@H](c2ccc(C#N)cc2S(C)(=O)=O)[NH2+]C(=O)N1c1cccc(C(F)(F)F)c1. The van der Waals surface area contributed by atoms with Crippen molar-refractivity contribution in [3.8, 4) is 12.1 Å². The molecule has 0 fully saturated rings. The first-order valence-corrected chi connectivity index (χ1v) is 11.0. The molecule has 3 rings (SSSR count). The highest BCUT2D eigenvalue weighted by atomic mass is 32.2. The lowest BCUT2D eigenvalue weighted by Crippen LogP contribution is -2.93. The Morgan fingerprint density at radius 3 is 2.34 bits per heavy atom. The Labute approximate surface area is 181 Å². The summed E-state index contributed by atoms with van der Waals surface area (Å²) in [5.41, 5.74) is -0.749. The average Bonchev–Trinajstić information content (AvgIpc) is 2.72. The van der Waals surface area contributed by atoms with Gasteiger partial charge in [0.1, 0.15) is 11.6 Å². The summed E-state index contributed by atoms with van der Waals surface area (Å²) in [6, 6.07) is 10.0. The second kappa shape index (κ2) is 8.11. The Bertz CT molecular complexity index is 1340. The van der Waals surface area contributed by atoms with Gasteiger partial charge in [0.2, 0.25) is 0 Å². The van der Waals surface area contributed by atoms with E-state index >= 15 is 0 Å². The van der Waals surface area contributed by atoms with E-state index in [2.05, 4.69) is 0 Å². The number of benzene rings is 2. The van der Waals surface area contributed by atoms with Crippen molar-refractivity contribution in [3.63, 3.8) is 0 Å². The van der Waals surface area contributed by atoms with Gasteiger partial charge in [-0.05, 0) is 37.3 Å². The summed E-state index contributed by atoms with van der Waals surface area (Å²) in [7, 11) is -3.82. The van der Waals surface area contributed by atoms with Gasteiger partial charge in [0.05, 0.1) is 27.8 Å². The van der Waals surface area contributed by atoms with Crippen LogP contribution in [0.25, 0.3) is 0 Å². The first-order chi connectivity index (χ1) is 14.9. The topological polar surface area (TPSA) is 119 Å². The van der Waals surface area contributed by atoms with Gasteiger partial charge in [-0.3, -0.25) is 5.32 Å². The molecule has 32 heavy (non-hydrogen) atoms. The first-order valence-electron chi connectivity index (χ1n) is 9.09. The lowest BCUT2D eigenvalue weighted by Gasteiger charge is -2.31. The number of nitrogens with two attached hydrogens (primary N) is 1. The molecular weight excluding hydrogens is 445 g/mol. The molecule has 0 aromatic heterocycles. The molecule has 2 aromatic carbocycles. The Hall–Kier alpha value is -3.67. The Morgan fingerprint density at radius 1 is 1.09 bits per heavy atom. The summed E-state index contributed by atoms with van der Waals surface area (Å²) < 4.78 is 64.0. The van der Waals surface area contributed by atoms with Gasteiger partial charge < -0.3 is 0 Å². The number of carbonyl (C=O) groups is 1. The van der Waals surface area contributed by atoms with Gasteiger partial charge in [-0.15, -0.1) is 0 Å². The highest BCUT2D eigenvalue weighted by Gasteiger charge is 2.40. The Balaban J connectivity index is 2.19. The van der Waals surface area contributed by atoms with Crippen LogP contribution in [-0.4, -0.2) is 20.7 Å². The molecule has 0 unspecified atom stereocenters. The number of alkyl halides is 3. The lowest BCUT2D eigenvalue weighted by molar-refractivity contribution is -0.592. The third-order valence-electron chi connectivity index (χ3n) is 5.00. The van der Waals surface area contributed by atoms with Crippen LogP contribution < -0.4 is 10.2 Å². The molecule has 164 valence electrons. The minimum atomic E-state index is -4.62. The van der Waals surface area contributed by atoms with Crippen LogP contribution in [-0.2, 0) is 16.0 Å². The smallest absolute Gasteiger partial charge is 0.252 e. The summed E-state index contributed by atoms with van der Waals surface area (Å²) >= 11 is 0. The van der Waals surface area contributed by atoms with Crippen LogP contribution in [0, 0.1) is 22.7 Å². The van der Waals surface area contributed by atoms with Crippen molar-refractivity contribution >= 4 is 21.6 Å². The first kappa shape index (κ1) is 23.0. The molecule has 1 atom stereocenters. The number of quaternary nitrogens is 1. The number of amides is 2. The molecule has 0 saturated heterocycles. The monoisotopic (exact) mass is 461 g/mol. The minimum absolute atomic E-state index is 0.00313. The molecule has 1 aliphatic heterocycles. The van der Waals surface area contributed by atoms with E-state index in [0.29, 0.717) is 0 Å². The number of primary amides is 1. The number of nitrogens with zero attached hydrogens (tertiary/aromatic N) is 3. The maximum absolute atomic E-state index is 13.1. The number of halogens is 3. The number of anilines is 1. The van der Waals surface area contributed by atoms with Crippen LogP contribution in [0.15, 0.2) is 58.6 Å². The molecular formula is C21H16F3N4O3S+. The van der Waals surface area contributed by atoms with E-state index in [0.717, 1.165) is 40.7 Å². The molecule has 0 saturated carbocycles. The fraction of sp³-hybridized carbons (Fsp3) is 0.190. The molecule has 11 heteroatoms. The van der Waals surface area contributed by atoms with Crippen LogP contribution in [0.3, 0.4) is 0 Å². The van der Waals surface area contributed by atoms with Gasteiger partial charge in [-0.1, -0.05) is 12.1 Å². The van der Waals surface area contributed by atoms with Gasteiger partial charge in [-0.25, -0.2) is 18.1 Å². The van der Waals surface area contributed by atoms with Gasteiger partial charge in [0.15, 0.2) is 15.9 Å². The normalized spacial score (nSPS) is 17.2. The maximum Gasteiger partial charge on any atom is 0.425 e. The van der Waals surface area contributed by atoms with E-state index in [4.69, 9.17) is 5.26 Å². The Morgan fingerprint density at radius 2 is 1.78 bits per heavy atom. The van der Waals surface area contributed by atoms with Crippen LogP contribution in [0.5, 0.6) is 0 Å². The summed E-state index contributed by atoms with van der Waals surface area (Å²) in [6.45, 7) is 1.40. The van der Waals surface area contributed by atoms with E-state index in [-0.39, 0.29) is 33.0 Å². The third-order valence-corrected chi connectivity index (χ3v) is 6.15. The number of rotatable bonds is 3. The van der Waals surface area contributed by atoms with Gasteiger partial charge in [-0.2, -0.15) is 23.7 Å². The fourth-order valence-corrected chi connectivity index (χ4v) is 4.50. The van der Waals surface area contributed by atoms with Crippen molar-refractivity contribution in [1.29, 1.82) is 10.5 Å². The van der Waals surface area contributed by atoms with Crippen molar-refractivity contribution in [2.24, 2.45) is 0 Å². The number of allylic oxidation sites excluding steroid dienone is 1. The van der Waals surface area contributed by atoms with Crippen molar-refractivity contribution in [2.75, 3.05) is 11.2 Å². The molecule has 7 nitrogen and oxygen atoms in total. The second-order valence-corrected chi connectivity index (χ2v) is 9.10. The standard InChI is InChI=1S/C21H15F3N4O3S/c1-12-17(11-26)19(16-7-6-13(10-25)8-18(16)32(2,30)31)27-20(29)28(12)15-5-3-4-14(9-15)21(22,23)24/h3-9,19H,1-2H3,(H,27,29)/p+1/t19-/m1/s1. The summed E-state index contributed by atoms with van der Waals surface area (Å²) in [4.78, 5) is 13.7. The van der Waals surface area contributed by atoms with Crippen LogP contribution in [0.1, 0.15) is 29.7 Å². The van der Waals surface area contributed by atoms with Crippen LogP contribution in [0.4, 0.5) is 23.7 Å². The number of carbonyl (C=O) groups excluding carboxylic acids is 1. The molecule has 2 aromatic rings. The fourth-order valence-electron chi connectivity index (χ4n) is 3.53. The largest absolute Gasteiger partial charge is 0.425 e. The molecule has 0 aliphatic carbocycles. The van der Waals surface area contributed by atoms with E-state index in [1.807, 2.05) is 12.1 Å². The molecule has 0 bridgehead atoms. The highest BCUT2D eigenvalue weighted by molar-refractivity contribution is 7.90. The summed E-state index contributed by atoms with van der Waals surface area (Å²) in [5.74, 6) is 0. The molecule has 1 heterocycles. The van der Waals surface area contributed by atoms with Crippen molar-refractivity contribution in [1.82, 2.24) is 0 Å². The van der Waals surface area contributed by atoms with E-state index in [1.54, 1.807) is 0 Å². The van der Waals surface area contributed by atoms with E-state index in [9.17, 15) is 31.6 Å². The van der Waals surface area contributed by atoms with Gasteiger partial charge >= 0.3 is 12.2 Å². The van der Waals surface area contributed by atoms with E-state index in [1.165, 1.54) is 25.1 Å². The zero-order chi connectivity index (χ0) is 23.8. The molecule has 2 amide bonds. The number of hydrogen-bond donors (Lipinski definition) is 1. The van der Waals surface area contributed by atoms with Crippen molar-refractivity contribution < 1.29 is 31.7 Å². The number of hydrogen-bond acceptors (Lipinski definition) is 5. The number of urea groups is 1. The number of sulfone groups is 1. The molecule has 0 radical (unpaired) electrons. The molecule has 1 aliphatic rings. The van der Waals surface area contributed by atoms with Crippen molar-refractivity contribution in [2.45, 2.75) is 24.0 Å². The van der Waals surface area contributed by atoms with E-state index < -0.39 is 33.6 Å². The molecule has 0 spiro atoms. The third kappa shape index (κ3) is 4.21. The van der Waals surface area contributed by atoms with Crippen LogP contribution in [0.2, 0.25) is 0 Å². The summed E-state index contributed by atoms with van der Waals surface area (Å²) in [5, 5.41) is 20.0. The second-order valence-electron chi connectivity index (χ2n) is 7.11.